The number of aromatic nitrogens is 3. The van der Waals surface area contributed by atoms with Gasteiger partial charge in [-0.2, -0.15) is 0 Å². The number of aliphatic carboxylic acids is 2. The Morgan fingerprint density at radius 2 is 0.789 bits per heavy atom. The highest BCUT2D eigenvalue weighted by molar-refractivity contribution is 6.30. The highest BCUT2D eigenvalue weighted by Crippen LogP contribution is 2.24. The van der Waals surface area contributed by atoms with Crippen LogP contribution in [0.3, 0.4) is 0 Å². The van der Waals surface area contributed by atoms with Crippen molar-refractivity contribution in [1.82, 2.24) is 57.5 Å². The third-order valence-corrected chi connectivity index (χ3v) is 16.4. The summed E-state index contributed by atoms with van der Waals surface area (Å²) in [5, 5.41) is 44.7. The molecule has 0 unspecified atom stereocenters. The maximum absolute atomic E-state index is 15.0. The summed E-state index contributed by atoms with van der Waals surface area (Å²) in [5.74, 6) is -10.8. The maximum atomic E-state index is 15.0. The lowest BCUT2D eigenvalue weighted by Crippen LogP contribution is -2.62. The van der Waals surface area contributed by atoms with Gasteiger partial charge in [0.25, 0.3) is 0 Å². The van der Waals surface area contributed by atoms with Crippen molar-refractivity contribution >= 4 is 104 Å². The van der Waals surface area contributed by atoms with Gasteiger partial charge in [0.1, 0.15) is 48.3 Å². The van der Waals surface area contributed by atoms with Crippen LogP contribution in [0.15, 0.2) is 116 Å². The molecule has 13 N–H and O–H groups in total. The van der Waals surface area contributed by atoms with Gasteiger partial charge in [0.15, 0.2) is 0 Å². The number of amides is 8. The van der Waals surface area contributed by atoms with Gasteiger partial charge in [0.2, 0.25) is 47.3 Å². The van der Waals surface area contributed by atoms with Crippen LogP contribution in [0, 0.1) is 17.8 Å². The van der Waals surface area contributed by atoms with Crippen LogP contribution in [0.2, 0.25) is 5.02 Å². The van der Waals surface area contributed by atoms with E-state index in [-0.39, 0.29) is 38.0 Å². The first kappa shape index (κ1) is 68.0. The minimum atomic E-state index is -1.83. The lowest BCUT2D eigenvalue weighted by Gasteiger charge is -2.31. The number of benzene rings is 4. The summed E-state index contributed by atoms with van der Waals surface area (Å²) in [6, 6.07) is 17.3. The second-order valence-corrected chi connectivity index (χ2v) is 23.8. The van der Waals surface area contributed by atoms with Crippen molar-refractivity contribution in [3.63, 3.8) is 0 Å². The predicted octanol–water partition coefficient (Wildman–Crippen LogP) is 5.65. The molecular weight excluding hydrogens is 1170 g/mol. The first-order valence-corrected chi connectivity index (χ1v) is 30.5. The molecule has 0 saturated carbocycles. The molecule has 3 heterocycles. The molecule has 23 nitrogen and oxygen atoms in total. The molecule has 478 valence electrons. The van der Waals surface area contributed by atoms with Crippen molar-refractivity contribution in [2.45, 2.75) is 148 Å². The van der Waals surface area contributed by atoms with Crippen LogP contribution >= 0.6 is 11.6 Å². The standard InChI is InChI=1S/C66H80ClN11O12/c1-8-36(5)57(64(87)76-55(66(89)90)30-42-34-70-49-21-15-12-18-46(42)49)78-65(88)58(37(6)9-2)77-63(86)54(31-56(80)81)75-59(82)50(26-35(3)4)72-61(84)52(28-40-32-68-47-19-13-10-16-44(40)47)74-62(85)53(29-41-33-69-48-20-14-11-17-45(41)48)73-60(83)51(71-38(7)79)27-39-22-24-43(67)25-23-39/h10-25,32-37,50-55,57-58,68-70H,8-9,26-31H2,1-7H3,(H,71,79)(H,72,84)(H,73,83)(H,74,85)(H,75,82)(H,76,87)(H,77,86)(H,78,88)(H,80,81)(H,89,90)/t36-,37-,50-,51-,52+,53+,54-,55-,57-,58-/m0/s1. The van der Waals surface area contributed by atoms with Gasteiger partial charge in [0, 0.05) is 88.9 Å². The molecule has 0 aliphatic heterocycles. The first-order chi connectivity index (χ1) is 42.9. The number of rotatable bonds is 32. The van der Waals surface area contributed by atoms with Gasteiger partial charge in [-0.1, -0.05) is 133 Å². The van der Waals surface area contributed by atoms with E-state index in [1.165, 1.54) is 6.92 Å². The molecule has 0 radical (unpaired) electrons. The zero-order valence-corrected chi connectivity index (χ0v) is 52.1. The molecular formula is C66H80ClN11O12. The monoisotopic (exact) mass is 1250 g/mol. The quantitative estimate of drug-likeness (QED) is 0.0243. The summed E-state index contributed by atoms with van der Waals surface area (Å²) in [6.07, 6.45) is 4.42. The van der Waals surface area contributed by atoms with Gasteiger partial charge < -0.3 is 67.7 Å². The largest absolute Gasteiger partial charge is 0.481 e. The van der Waals surface area contributed by atoms with Crippen LogP contribution in [-0.4, -0.2) is 133 Å². The summed E-state index contributed by atoms with van der Waals surface area (Å²) in [6.45, 7) is 11.7. The number of nitrogens with one attached hydrogen (secondary N) is 11. The number of H-pyrrole nitrogens is 3. The number of hydrogen-bond acceptors (Lipinski definition) is 10. The van der Waals surface area contributed by atoms with Crippen molar-refractivity contribution < 1.29 is 58.2 Å². The fourth-order valence-corrected chi connectivity index (χ4v) is 11.0. The van der Waals surface area contributed by atoms with E-state index in [4.69, 9.17) is 11.6 Å². The molecule has 0 fully saturated rings. The molecule has 90 heavy (non-hydrogen) atoms. The van der Waals surface area contributed by atoms with E-state index in [1.54, 1.807) is 96.5 Å². The normalized spacial score (nSPS) is 14.8. The van der Waals surface area contributed by atoms with E-state index in [0.29, 0.717) is 40.1 Å². The number of para-hydroxylation sites is 3. The average Bonchev–Trinajstić information content (AvgIpc) is 2.08. The first-order valence-electron chi connectivity index (χ1n) is 30.2. The summed E-state index contributed by atoms with van der Waals surface area (Å²) in [5.41, 5.74) is 4.81. The lowest BCUT2D eigenvalue weighted by molar-refractivity contribution is -0.142. The Hall–Kier alpha value is -9.51. The van der Waals surface area contributed by atoms with E-state index >= 15 is 9.59 Å². The van der Waals surface area contributed by atoms with Crippen molar-refractivity contribution in [2.24, 2.45) is 17.8 Å². The lowest BCUT2D eigenvalue weighted by atomic mass is 9.94. The van der Waals surface area contributed by atoms with Gasteiger partial charge in [-0.3, -0.25) is 43.2 Å². The van der Waals surface area contributed by atoms with Gasteiger partial charge in [-0.15, -0.1) is 0 Å². The Kier molecular flexibility index (Phi) is 23.9. The average molecular weight is 1250 g/mol. The minimum absolute atomic E-state index is 0.0308. The van der Waals surface area contributed by atoms with Crippen LogP contribution in [0.5, 0.6) is 0 Å². The van der Waals surface area contributed by atoms with Crippen molar-refractivity contribution in [2.75, 3.05) is 0 Å². The van der Waals surface area contributed by atoms with Crippen LogP contribution in [0.4, 0.5) is 0 Å². The second kappa shape index (κ2) is 31.6. The third kappa shape index (κ3) is 18.3. The van der Waals surface area contributed by atoms with E-state index in [1.807, 2.05) is 60.7 Å². The van der Waals surface area contributed by atoms with Crippen molar-refractivity contribution in [3.8, 4) is 0 Å². The number of fused-ring (bicyclic) bond motifs is 3. The van der Waals surface area contributed by atoms with E-state index in [9.17, 15) is 48.6 Å². The summed E-state index contributed by atoms with van der Waals surface area (Å²) < 4.78 is 0. The molecule has 0 spiro atoms. The number of carbonyl (C=O) groups is 10. The third-order valence-electron chi connectivity index (χ3n) is 16.2. The number of carbonyl (C=O) groups excluding carboxylic acids is 8. The summed E-state index contributed by atoms with van der Waals surface area (Å²) >= 11 is 6.15. The van der Waals surface area contributed by atoms with E-state index < -0.39 is 126 Å². The molecule has 10 atom stereocenters. The molecule has 0 aliphatic rings. The Labute approximate surface area is 525 Å². The molecule has 0 saturated heterocycles. The van der Waals surface area contributed by atoms with Crippen molar-refractivity contribution in [3.05, 3.63) is 143 Å². The SMILES string of the molecule is CC[C@H](C)[C@H](NC(=O)[C@H](CC(=O)O)NC(=O)[C@H](CC(C)C)NC(=O)[C@@H](Cc1c[nH]c2ccccc12)NC(=O)[C@@H](Cc1c[nH]c2ccccc12)NC(=O)[C@H](Cc1ccc(Cl)cc1)NC(C)=O)C(=O)N[C@H](C(=O)N[C@@H](Cc1c[nH]c2ccccc12)C(=O)O)[C@@H](C)CC. The summed E-state index contributed by atoms with van der Waals surface area (Å²) in [7, 11) is 0. The topological polar surface area (TPSA) is 355 Å². The molecule has 3 aromatic heterocycles. The number of hydrogen-bond donors (Lipinski definition) is 13. The van der Waals surface area contributed by atoms with E-state index in [2.05, 4.69) is 57.5 Å². The molecule has 8 amide bonds. The van der Waals surface area contributed by atoms with Gasteiger partial charge in [-0.25, -0.2) is 4.79 Å². The van der Waals surface area contributed by atoms with Gasteiger partial charge in [-0.05, 0) is 76.8 Å². The second-order valence-electron chi connectivity index (χ2n) is 23.4. The number of aromatic amines is 3. The zero-order valence-electron chi connectivity index (χ0n) is 51.3. The van der Waals surface area contributed by atoms with Crippen LogP contribution in [-0.2, 0) is 73.6 Å². The minimum Gasteiger partial charge on any atom is -0.481 e. The van der Waals surface area contributed by atoms with E-state index in [0.717, 1.165) is 32.7 Å². The predicted molar refractivity (Wildman–Crippen MR) is 341 cm³/mol. The molecule has 7 rings (SSSR count). The summed E-state index contributed by atoms with van der Waals surface area (Å²) in [4.78, 5) is 149. The fourth-order valence-electron chi connectivity index (χ4n) is 10.8. The highest BCUT2D eigenvalue weighted by atomic mass is 35.5. The number of halogens is 1. The Balaban J connectivity index is 1.12. The van der Waals surface area contributed by atoms with Crippen LogP contribution < -0.4 is 42.5 Å². The molecule has 7 aromatic rings. The molecule has 24 heteroatoms. The number of carboxylic acids is 2. The highest BCUT2D eigenvalue weighted by Gasteiger charge is 2.38. The Morgan fingerprint density at radius 1 is 0.433 bits per heavy atom. The maximum Gasteiger partial charge on any atom is 0.326 e. The molecule has 0 bridgehead atoms. The smallest absolute Gasteiger partial charge is 0.326 e. The Bertz CT molecular complexity index is 3710. The van der Waals surface area contributed by atoms with Crippen molar-refractivity contribution in [1.29, 1.82) is 0 Å². The number of carboxylic acid groups (broad SMARTS) is 2. The molecule has 0 aliphatic carbocycles. The fraction of sp³-hybridized carbons (Fsp3) is 0.394. The van der Waals surface area contributed by atoms with Crippen LogP contribution in [0.25, 0.3) is 32.7 Å². The zero-order chi connectivity index (χ0) is 65.3. The van der Waals surface area contributed by atoms with Gasteiger partial charge >= 0.3 is 11.9 Å². The van der Waals surface area contributed by atoms with Gasteiger partial charge in [0.05, 0.1) is 6.42 Å². The molecule has 4 aromatic carbocycles. The van der Waals surface area contributed by atoms with Crippen LogP contribution in [0.1, 0.15) is 96.4 Å². The Morgan fingerprint density at radius 3 is 1.20 bits per heavy atom.